The Balaban J connectivity index is 0.00000243. The van der Waals surface area contributed by atoms with E-state index in [1.54, 1.807) is 17.2 Å². The fourth-order valence-corrected chi connectivity index (χ4v) is 3.25. The number of hydrogen-bond acceptors (Lipinski definition) is 4. The molecule has 1 aromatic heterocycles. The molecule has 8 heteroatoms. The average Bonchev–Trinajstić information content (AvgIpc) is 3.11. The standard InChI is InChI=1S/C18H23FN4O2.ClH/c1-25-11-14(20)18(24)23-8-3-2-7-16(23)17-21-10-15(22-17)12-5-4-6-13(19)9-12;/h4-6,9-10,14,16H,2-3,7-8,11,20H2,1H3,(H,21,22);1H. The summed E-state index contributed by atoms with van der Waals surface area (Å²) >= 11 is 0. The largest absolute Gasteiger partial charge is 0.383 e. The number of carbonyl (C=O) groups is 1. The zero-order chi connectivity index (χ0) is 17.8. The van der Waals surface area contributed by atoms with Gasteiger partial charge in [0.15, 0.2) is 0 Å². The third-order valence-corrected chi connectivity index (χ3v) is 4.50. The van der Waals surface area contributed by atoms with Gasteiger partial charge in [-0.15, -0.1) is 12.4 Å². The number of carbonyl (C=O) groups excluding carboxylic acids is 1. The van der Waals surface area contributed by atoms with Gasteiger partial charge in [0.05, 0.1) is 24.5 Å². The molecule has 0 aliphatic carbocycles. The smallest absolute Gasteiger partial charge is 0.242 e. The molecular weight excluding hydrogens is 359 g/mol. The maximum Gasteiger partial charge on any atom is 0.242 e. The summed E-state index contributed by atoms with van der Waals surface area (Å²) in [5, 5.41) is 0. The number of rotatable bonds is 5. The van der Waals surface area contributed by atoms with Gasteiger partial charge in [-0.1, -0.05) is 12.1 Å². The first kappa shape index (κ1) is 20.4. The number of halogens is 2. The van der Waals surface area contributed by atoms with E-state index in [2.05, 4.69) is 9.97 Å². The van der Waals surface area contributed by atoms with Gasteiger partial charge >= 0.3 is 0 Å². The Bertz CT molecular complexity index is 739. The molecule has 26 heavy (non-hydrogen) atoms. The minimum Gasteiger partial charge on any atom is -0.383 e. The van der Waals surface area contributed by atoms with E-state index in [0.29, 0.717) is 12.4 Å². The molecule has 0 spiro atoms. The van der Waals surface area contributed by atoms with Crippen molar-refractivity contribution in [2.24, 2.45) is 5.73 Å². The fraction of sp³-hybridized carbons (Fsp3) is 0.444. The molecule has 1 saturated heterocycles. The van der Waals surface area contributed by atoms with E-state index in [-0.39, 0.29) is 36.8 Å². The number of nitrogens with one attached hydrogen (secondary N) is 1. The molecule has 1 aromatic carbocycles. The lowest BCUT2D eigenvalue weighted by molar-refractivity contribution is -0.137. The molecule has 1 aliphatic rings. The first-order valence-electron chi connectivity index (χ1n) is 8.46. The topological polar surface area (TPSA) is 84.2 Å². The molecule has 2 heterocycles. The number of imidazole rings is 1. The van der Waals surface area contributed by atoms with E-state index >= 15 is 0 Å². The van der Waals surface area contributed by atoms with E-state index in [1.807, 2.05) is 6.07 Å². The molecule has 3 rings (SSSR count). The Kier molecular flexibility index (Phi) is 7.14. The summed E-state index contributed by atoms with van der Waals surface area (Å²) in [6, 6.07) is 5.51. The number of nitrogens with two attached hydrogens (primary N) is 1. The predicted molar refractivity (Wildman–Crippen MR) is 99.4 cm³/mol. The Morgan fingerprint density at radius 2 is 2.31 bits per heavy atom. The van der Waals surface area contributed by atoms with Gasteiger partial charge < -0.3 is 20.4 Å². The molecular formula is C18H24ClFN4O2. The Labute approximate surface area is 158 Å². The zero-order valence-corrected chi connectivity index (χ0v) is 15.5. The first-order chi connectivity index (χ1) is 12.1. The number of nitrogens with zero attached hydrogens (tertiary/aromatic N) is 2. The van der Waals surface area contributed by atoms with Crippen LogP contribution < -0.4 is 5.73 Å². The minimum absolute atomic E-state index is 0. The normalized spacial score (nSPS) is 18.3. The van der Waals surface area contributed by atoms with E-state index in [4.69, 9.17) is 10.5 Å². The summed E-state index contributed by atoms with van der Waals surface area (Å²) in [6.45, 7) is 0.839. The molecule has 1 fully saturated rings. The number of aromatic amines is 1. The van der Waals surface area contributed by atoms with Gasteiger partial charge in [-0.3, -0.25) is 4.79 Å². The monoisotopic (exact) mass is 382 g/mol. The average molecular weight is 383 g/mol. The van der Waals surface area contributed by atoms with Crippen molar-refractivity contribution in [1.82, 2.24) is 14.9 Å². The Hall–Kier alpha value is -1.96. The van der Waals surface area contributed by atoms with E-state index in [1.165, 1.54) is 19.2 Å². The quantitative estimate of drug-likeness (QED) is 0.832. The van der Waals surface area contributed by atoms with Crippen molar-refractivity contribution in [3.63, 3.8) is 0 Å². The van der Waals surface area contributed by atoms with Gasteiger partial charge in [0.25, 0.3) is 0 Å². The summed E-state index contributed by atoms with van der Waals surface area (Å²) in [4.78, 5) is 22.1. The van der Waals surface area contributed by atoms with Crippen LogP contribution in [0.25, 0.3) is 11.3 Å². The highest BCUT2D eigenvalue weighted by Crippen LogP contribution is 2.31. The molecule has 1 amide bonds. The lowest BCUT2D eigenvalue weighted by atomic mass is 10.0. The molecule has 6 nitrogen and oxygen atoms in total. The number of H-pyrrole nitrogens is 1. The van der Waals surface area contributed by atoms with Gasteiger partial charge in [-0.2, -0.15) is 0 Å². The number of hydrogen-bond donors (Lipinski definition) is 2. The van der Waals surface area contributed by atoms with Gasteiger partial charge in [-0.05, 0) is 31.4 Å². The summed E-state index contributed by atoms with van der Waals surface area (Å²) in [5.41, 5.74) is 7.38. The number of piperidine rings is 1. The second-order valence-corrected chi connectivity index (χ2v) is 6.30. The molecule has 142 valence electrons. The summed E-state index contributed by atoms with van der Waals surface area (Å²) < 4.78 is 18.4. The van der Waals surface area contributed by atoms with Gasteiger partial charge in [0, 0.05) is 19.2 Å². The fourth-order valence-electron chi connectivity index (χ4n) is 3.25. The van der Waals surface area contributed by atoms with Crippen molar-refractivity contribution in [3.05, 3.63) is 42.1 Å². The molecule has 3 N–H and O–H groups in total. The van der Waals surface area contributed by atoms with Crippen LogP contribution in [0.5, 0.6) is 0 Å². The highest BCUT2D eigenvalue weighted by molar-refractivity contribution is 5.85. The van der Waals surface area contributed by atoms with Crippen molar-refractivity contribution < 1.29 is 13.9 Å². The van der Waals surface area contributed by atoms with Crippen molar-refractivity contribution in [3.8, 4) is 11.3 Å². The van der Waals surface area contributed by atoms with Crippen LogP contribution >= 0.6 is 12.4 Å². The first-order valence-corrected chi connectivity index (χ1v) is 8.46. The summed E-state index contributed by atoms with van der Waals surface area (Å²) in [5.74, 6) is 0.279. The minimum atomic E-state index is -0.678. The number of likely N-dealkylation sites (tertiary alicyclic amines) is 1. The SMILES string of the molecule is COCC(N)C(=O)N1CCCCC1c1ncc(-c2cccc(F)c2)[nH]1.Cl. The maximum absolute atomic E-state index is 13.4. The van der Waals surface area contributed by atoms with Crippen molar-refractivity contribution >= 4 is 18.3 Å². The number of aromatic nitrogens is 2. The van der Waals surface area contributed by atoms with Gasteiger partial charge in [0.2, 0.25) is 5.91 Å². The van der Waals surface area contributed by atoms with E-state index < -0.39 is 6.04 Å². The molecule has 0 saturated carbocycles. The van der Waals surface area contributed by atoms with Crippen LogP contribution in [0.2, 0.25) is 0 Å². The van der Waals surface area contributed by atoms with Crippen molar-refractivity contribution in [1.29, 1.82) is 0 Å². The zero-order valence-electron chi connectivity index (χ0n) is 14.7. The molecule has 1 aliphatic heterocycles. The predicted octanol–water partition coefficient (Wildman–Crippen LogP) is 2.66. The third kappa shape index (κ3) is 4.41. The van der Waals surface area contributed by atoms with Gasteiger partial charge in [0.1, 0.15) is 17.7 Å². The highest BCUT2D eigenvalue weighted by atomic mass is 35.5. The maximum atomic E-state index is 13.4. The molecule has 0 radical (unpaired) electrons. The lowest BCUT2D eigenvalue weighted by Gasteiger charge is -2.36. The number of methoxy groups -OCH3 is 1. The highest BCUT2D eigenvalue weighted by Gasteiger charge is 2.32. The number of ether oxygens (including phenoxy) is 1. The number of amides is 1. The van der Waals surface area contributed by atoms with E-state index in [0.717, 1.165) is 30.5 Å². The molecule has 2 atom stereocenters. The second kappa shape index (κ2) is 9.12. The lowest BCUT2D eigenvalue weighted by Crippen LogP contribution is -2.49. The van der Waals surface area contributed by atoms with Crippen LogP contribution in [0.15, 0.2) is 30.5 Å². The van der Waals surface area contributed by atoms with E-state index in [9.17, 15) is 9.18 Å². The van der Waals surface area contributed by atoms with Crippen molar-refractivity contribution in [2.75, 3.05) is 20.3 Å². The van der Waals surface area contributed by atoms with Gasteiger partial charge in [-0.25, -0.2) is 9.37 Å². The summed E-state index contributed by atoms with van der Waals surface area (Å²) in [7, 11) is 1.53. The van der Waals surface area contributed by atoms with Crippen LogP contribution in [0.1, 0.15) is 31.1 Å². The number of benzene rings is 1. The summed E-state index contributed by atoms with van der Waals surface area (Å²) in [6.07, 6.45) is 4.46. The molecule has 0 bridgehead atoms. The Morgan fingerprint density at radius 3 is 3.04 bits per heavy atom. The van der Waals surface area contributed by atoms with Crippen molar-refractivity contribution in [2.45, 2.75) is 31.3 Å². The van der Waals surface area contributed by atoms with Crippen LogP contribution in [0.4, 0.5) is 4.39 Å². The van der Waals surface area contributed by atoms with Crippen LogP contribution in [-0.2, 0) is 9.53 Å². The molecule has 2 unspecified atom stereocenters. The van der Waals surface area contributed by atoms with Crippen LogP contribution in [0.3, 0.4) is 0 Å². The van der Waals surface area contributed by atoms with Crippen LogP contribution in [-0.4, -0.2) is 47.1 Å². The molecule has 2 aromatic rings. The third-order valence-electron chi connectivity index (χ3n) is 4.50. The second-order valence-electron chi connectivity index (χ2n) is 6.30. The Morgan fingerprint density at radius 1 is 1.50 bits per heavy atom. The van der Waals surface area contributed by atoms with Crippen LogP contribution in [0, 0.1) is 5.82 Å².